The van der Waals surface area contributed by atoms with Gasteiger partial charge in [-0.2, -0.15) is 0 Å². The van der Waals surface area contributed by atoms with Crippen molar-refractivity contribution < 1.29 is 179 Å². The SMILES string of the molecule is [2H]C([2H])([2H])NC(Cc1ccc2c(c1)OC([2H])([2H])O2)C([2H])([2H])[2H].[2H]N(C(Cc1ccc2c(c1)OC([2H])([2H])O2)C([2H])([2H])[2H])C([2H])([2H])[2H].[2H]N(C(Cc1ccc2c(c1)OCO2)C([2H])([2H])[2H])C([2H])([2H])[2H].[2H]N(C)C(Cc1ccc2c(c1)OC([2H])([2H])O2)C([2H])([2H])[2H].[2H]N(C)C(Cc1ccc2c(c1)OCO2)C([2H])([2H])[2H].[2H]c1c([2H])c2c(c([2H])c1CC(NC([2H])([2H])[2H])C([2H])([2H])[2H])OC([2H])([2H])O2.[2H]c1c([2H])c2c(c([2H])c1CC(NC([2H])([2H])[2H])C([2H])([2H])[2H])OCO2.[2H]c1c([2H])c2c(c([2H])c1CC(NC)C([2H])([2H])[2H])OC([2H])([2H])O2.[2H]c1c([2H])c2c(c([2H])c1CC(NC)C([2H])([2H])[2H])OCO2. The van der Waals surface area contributed by atoms with Gasteiger partial charge in [-0.05, 0) is 342 Å². The first kappa shape index (κ1) is 40.6. The molecule has 0 spiro atoms. The van der Waals surface area contributed by atoms with E-state index in [2.05, 4.69) is 16.0 Å². The first-order chi connectivity index (χ1) is 88.0. The standard InChI is InChI=1S/9C11H15NO2/c9*1-8(12-2)5-9-3-4-10-11(6-9)14-7-13-10/h9*3-4,6,8,12H,5,7H2,1-2H3/i1D3,2D3,3D,4D,6D,7D2;1D3,3D,4D,6D,7D2;1D3,2D3,3D,4D,6D;1D3,3D,4D,6D;2*1D3,2D3,7D2;1D3,7D2;1D3,2D3;1D3/hD4. The van der Waals surface area contributed by atoms with Crippen molar-refractivity contribution in [2.45, 2.75) is 174 Å². The van der Waals surface area contributed by atoms with Crippen LogP contribution < -0.4 is 133 Å². The zero-order valence-corrected chi connectivity index (χ0v) is 67.7. The molecule has 18 rings (SSSR count). The maximum atomic E-state index is 8.04. The summed E-state index contributed by atoms with van der Waals surface area (Å²) in [6, 6.07) is 8.47. The highest BCUT2D eigenvalue weighted by Crippen LogP contribution is 2.40. The molecule has 0 fully saturated rings. The quantitative estimate of drug-likeness (QED) is 0.0231. The van der Waals surface area contributed by atoms with Gasteiger partial charge in [-0.3, -0.25) is 0 Å². The van der Waals surface area contributed by atoms with Crippen molar-refractivity contribution in [1.82, 2.24) is 47.8 Å². The second-order valence-corrected chi connectivity index (χ2v) is 26.5. The Morgan fingerprint density at radius 1 is 0.230 bits per heavy atom. The highest BCUT2D eigenvalue weighted by atomic mass is 16.7. The summed E-state index contributed by atoms with van der Waals surface area (Å²) >= 11 is 0. The van der Waals surface area contributed by atoms with Crippen LogP contribution in [-0.4, -0.2) is 178 Å². The molecule has 9 N–H and O–H groups in total. The normalized spacial score (nSPS) is 27.0. The number of rotatable bonds is 27. The third-order valence-corrected chi connectivity index (χ3v) is 17.3. The zero-order chi connectivity index (χ0) is 148. The van der Waals surface area contributed by atoms with E-state index in [9.17, 15) is 0 Å². The molecule has 27 heteroatoms. The van der Waals surface area contributed by atoms with Crippen molar-refractivity contribution in [1.29, 1.82) is 0 Å². The van der Waals surface area contributed by atoms with Crippen LogP contribution in [0.3, 0.4) is 0 Å². The highest BCUT2D eigenvalue weighted by Gasteiger charge is 2.23. The highest BCUT2D eigenvalue weighted by molar-refractivity contribution is 5.51. The van der Waals surface area contributed by atoms with E-state index in [1.165, 1.54) is 64.6 Å². The summed E-state index contributed by atoms with van der Waals surface area (Å²) in [6.45, 7) is -47.8. The molecule has 9 aliphatic rings. The van der Waals surface area contributed by atoms with Gasteiger partial charge in [-0.15, -0.1) is 0 Å². The van der Waals surface area contributed by atoms with Gasteiger partial charge in [-0.1, -0.05) is 54.5 Å². The second-order valence-electron chi connectivity index (χ2n) is 26.5. The third kappa shape index (κ3) is 31.0. The number of likely N-dealkylation sites (N-methyl/N-ethyl adjacent to an activating group) is 9. The van der Waals surface area contributed by atoms with Crippen LogP contribution in [0, 0.1) is 0 Å². The van der Waals surface area contributed by atoms with Gasteiger partial charge < -0.3 is 133 Å². The Hall–Kier alpha value is -11.0. The molecule has 0 aliphatic carbocycles. The van der Waals surface area contributed by atoms with Gasteiger partial charge in [0.25, 0.3) is 0 Å². The van der Waals surface area contributed by atoms with Crippen molar-refractivity contribution in [2.75, 3.05) is 124 Å². The molecule has 9 unspecified atom stereocenters. The van der Waals surface area contributed by atoms with E-state index in [4.69, 9.17) is 179 Å². The van der Waals surface area contributed by atoms with Gasteiger partial charge >= 0.3 is 0 Å². The molecule has 684 valence electrons. The molecule has 126 heavy (non-hydrogen) atoms. The van der Waals surface area contributed by atoms with E-state index in [1.807, 2.05) is 10.6 Å². The third-order valence-electron chi connectivity index (χ3n) is 17.3. The van der Waals surface area contributed by atoms with Crippen molar-refractivity contribution in [3.63, 3.8) is 0 Å². The van der Waals surface area contributed by atoms with Crippen LogP contribution in [0.4, 0.5) is 0 Å². The number of fused-ring (bicyclic) bond motifs is 9. The Bertz CT molecular complexity index is 7850. The number of hydrogen-bond donors (Lipinski definition) is 9. The predicted octanol–water partition coefficient (Wildman–Crippen LogP) is 14.1. The first-order valence-electron chi connectivity index (χ1n) is 71.5. The van der Waals surface area contributed by atoms with E-state index >= 15 is 0 Å². The Balaban J connectivity index is 0.000000217. The van der Waals surface area contributed by atoms with Crippen LogP contribution in [0.2, 0.25) is 5.65 Å². The van der Waals surface area contributed by atoms with Gasteiger partial charge in [0.05, 0.1) is 16.4 Å². The van der Waals surface area contributed by atoms with Crippen molar-refractivity contribution in [3.05, 3.63) is 214 Å². The molecule has 0 saturated heterocycles. The fourth-order valence-electron chi connectivity index (χ4n) is 10.8. The Morgan fingerprint density at radius 3 is 0.714 bits per heavy atom. The van der Waals surface area contributed by atoms with Crippen LogP contribution in [0.15, 0.2) is 164 Å². The number of nitrogens with one attached hydrogen (secondary N) is 9. The van der Waals surface area contributed by atoms with E-state index in [0.717, 1.165) is 16.2 Å². The Kier molecular flexibility index (Phi) is 16.4. The van der Waals surface area contributed by atoms with Crippen LogP contribution in [0.25, 0.3) is 0 Å². The molecular weight excluding hydrogens is 1600 g/mol. The second kappa shape index (κ2) is 51.0. The maximum Gasteiger partial charge on any atom is 0.231 e. The number of ether oxygens (including phenoxy) is 18. The van der Waals surface area contributed by atoms with Crippen LogP contribution >= 0.6 is 0 Å². The maximum absolute atomic E-state index is 8.04. The average molecular weight is 1810 g/mol. The first-order valence-corrected chi connectivity index (χ1v) is 37.7. The zero-order valence-electron chi connectivity index (χ0n) is 136. The Labute approximate surface area is 841 Å². The van der Waals surface area contributed by atoms with Crippen LogP contribution in [-0.2, 0) is 57.8 Å². The lowest BCUT2D eigenvalue weighted by Gasteiger charge is -2.10. The molecule has 9 atom stereocenters. The molecule has 0 bridgehead atoms. The summed E-state index contributed by atoms with van der Waals surface area (Å²) in [6.07, 6.45) is -1.22. The van der Waals surface area contributed by atoms with Crippen molar-refractivity contribution >= 4 is 0 Å². The monoisotopic (exact) mass is 1810 g/mol. The fraction of sp³-hybridized carbons (Fsp3) is 0.455. The lowest BCUT2D eigenvalue weighted by molar-refractivity contribution is 0.173. The van der Waals surface area contributed by atoms with Crippen molar-refractivity contribution in [2.24, 2.45) is 0 Å². The van der Waals surface area contributed by atoms with Gasteiger partial charge in [0.1, 0.15) is 19.4 Å². The minimum absolute atomic E-state index is 0.000486. The predicted molar refractivity (Wildman–Crippen MR) is 493 cm³/mol. The minimum atomic E-state index is -2.87. The van der Waals surface area contributed by atoms with Gasteiger partial charge in [0, 0.05) is 112 Å². The summed E-state index contributed by atoms with van der Waals surface area (Å²) < 4.78 is 598. The van der Waals surface area contributed by atoms with Crippen LogP contribution in [0.1, 0.15) is 199 Å². The molecule has 9 aromatic rings. The van der Waals surface area contributed by atoms with E-state index in [0.29, 0.717) is 45.3 Å². The van der Waals surface area contributed by atoms with E-state index < -0.39 is 233 Å². The average Bonchev–Trinajstić information content (AvgIpc) is 1.59. The van der Waals surface area contributed by atoms with Crippen LogP contribution in [0.5, 0.6) is 103 Å². The number of hydrogen-bond acceptors (Lipinski definition) is 27. The lowest BCUT2D eigenvalue weighted by Crippen LogP contribution is -2.23. The number of benzene rings is 9. The van der Waals surface area contributed by atoms with Crippen molar-refractivity contribution in [3.8, 4) is 103 Å². The molecule has 0 amide bonds. The molecule has 9 heterocycles. The summed E-state index contributed by atoms with van der Waals surface area (Å²) in [5, 5.41) is 13.6. The minimum Gasteiger partial charge on any atom is -0.454 e. The summed E-state index contributed by atoms with van der Waals surface area (Å²) in [4.78, 5) is 0. The molecule has 0 aromatic heterocycles. The summed E-state index contributed by atoms with van der Waals surface area (Å²) in [5.74, 6) is 2.22. The Morgan fingerprint density at radius 2 is 0.437 bits per heavy atom. The van der Waals surface area contributed by atoms with Gasteiger partial charge in [-0.25, -0.2) is 0 Å². The molecule has 0 saturated carbocycles. The molecule has 0 radical (unpaired) electrons. The summed E-state index contributed by atoms with van der Waals surface area (Å²) in [5.41, 5.74) is 2.78. The van der Waals surface area contributed by atoms with Gasteiger partial charge in [0.2, 0.25) is 60.9 Å². The fourth-order valence-corrected chi connectivity index (χ4v) is 10.8. The molecule has 9 aromatic carbocycles. The molecular formula is C99H135N9O18. The van der Waals surface area contributed by atoms with E-state index in [-0.39, 0.29) is 222 Å². The smallest absolute Gasteiger partial charge is 0.231 e. The lowest BCUT2D eigenvalue weighted by atomic mass is 10.1. The largest absolute Gasteiger partial charge is 0.454 e. The van der Waals surface area contributed by atoms with E-state index in [1.54, 1.807) is 54.6 Å². The molecule has 9 aliphatic heterocycles. The van der Waals surface area contributed by atoms with Gasteiger partial charge in [0.15, 0.2) is 103 Å². The topological polar surface area (TPSA) is 274 Å². The molecule has 27 nitrogen and oxygen atoms in total. The summed E-state index contributed by atoms with van der Waals surface area (Å²) in [7, 11) is 5.81.